The van der Waals surface area contributed by atoms with Gasteiger partial charge in [-0.05, 0) is 42.6 Å². The average Bonchev–Trinajstić information content (AvgIpc) is 2.76. The van der Waals surface area contributed by atoms with Crippen LogP contribution in [0.25, 0.3) is 0 Å². The molecule has 0 saturated heterocycles. The molecule has 0 aliphatic carbocycles. The van der Waals surface area contributed by atoms with Gasteiger partial charge in [-0.3, -0.25) is 0 Å². The van der Waals surface area contributed by atoms with Gasteiger partial charge in [-0.1, -0.05) is 12.1 Å². The topological polar surface area (TPSA) is 77.8 Å². The van der Waals surface area contributed by atoms with Gasteiger partial charge in [-0.15, -0.1) is 0 Å². The smallest absolute Gasteiger partial charge is 0.147 e. The molecule has 0 bridgehead atoms. The van der Waals surface area contributed by atoms with Gasteiger partial charge in [0.2, 0.25) is 0 Å². The Morgan fingerprint density at radius 1 is 1.37 bits per heavy atom. The lowest BCUT2D eigenvalue weighted by Gasteiger charge is -2.09. The summed E-state index contributed by atoms with van der Waals surface area (Å²) in [5.74, 6) is 0.423. The predicted octanol–water partition coefficient (Wildman–Crippen LogP) is 2.01. The zero-order valence-electron chi connectivity index (χ0n) is 10.7. The lowest BCUT2D eigenvalue weighted by Crippen LogP contribution is -2.23. The van der Waals surface area contributed by atoms with Gasteiger partial charge in [0, 0.05) is 12.5 Å². The van der Waals surface area contributed by atoms with Crippen LogP contribution < -0.4 is 11.5 Å². The summed E-state index contributed by atoms with van der Waals surface area (Å²) >= 11 is 1.29. The molecule has 4 nitrogen and oxygen atoms in total. The van der Waals surface area contributed by atoms with E-state index in [4.69, 9.17) is 11.5 Å². The molecular weight excluding hydrogens is 263 g/mol. The van der Waals surface area contributed by atoms with Crippen LogP contribution in [0.15, 0.2) is 24.3 Å². The molecule has 0 aliphatic rings. The van der Waals surface area contributed by atoms with E-state index in [2.05, 4.69) is 9.36 Å². The molecule has 1 aromatic heterocycles. The third kappa shape index (κ3) is 4.05. The number of nitrogens with zero attached hydrogens (tertiary/aromatic N) is 2. The van der Waals surface area contributed by atoms with Gasteiger partial charge in [0.05, 0.1) is 6.04 Å². The zero-order valence-corrected chi connectivity index (χ0v) is 11.5. The second-order valence-electron chi connectivity index (χ2n) is 4.68. The quantitative estimate of drug-likeness (QED) is 0.878. The first kappa shape index (κ1) is 14.0. The molecule has 2 atom stereocenters. The molecule has 0 aliphatic heterocycles. The Balaban J connectivity index is 2.05. The minimum Gasteiger partial charge on any atom is -0.328 e. The van der Waals surface area contributed by atoms with Gasteiger partial charge < -0.3 is 11.5 Å². The van der Waals surface area contributed by atoms with E-state index < -0.39 is 0 Å². The molecule has 4 N–H and O–H groups in total. The van der Waals surface area contributed by atoms with E-state index >= 15 is 0 Å². The fourth-order valence-corrected chi connectivity index (χ4v) is 2.50. The van der Waals surface area contributed by atoms with Gasteiger partial charge in [-0.2, -0.15) is 4.37 Å². The molecule has 0 fully saturated rings. The molecule has 102 valence electrons. The van der Waals surface area contributed by atoms with Gasteiger partial charge in [-0.25, -0.2) is 9.37 Å². The summed E-state index contributed by atoms with van der Waals surface area (Å²) in [4.78, 5) is 4.39. The molecule has 0 saturated carbocycles. The third-order valence-corrected chi connectivity index (χ3v) is 3.56. The van der Waals surface area contributed by atoms with Crippen molar-refractivity contribution in [3.8, 4) is 0 Å². The lowest BCUT2D eigenvalue weighted by molar-refractivity contribution is 0.565. The van der Waals surface area contributed by atoms with E-state index in [-0.39, 0.29) is 17.9 Å². The van der Waals surface area contributed by atoms with Crippen LogP contribution in [0.2, 0.25) is 0 Å². The van der Waals surface area contributed by atoms with E-state index in [0.29, 0.717) is 18.7 Å². The van der Waals surface area contributed by atoms with Gasteiger partial charge in [0.1, 0.15) is 16.6 Å². The highest BCUT2D eigenvalue weighted by atomic mass is 32.1. The van der Waals surface area contributed by atoms with Crippen LogP contribution in [-0.2, 0) is 6.42 Å². The number of hydrogen-bond donors (Lipinski definition) is 2. The van der Waals surface area contributed by atoms with Crippen molar-refractivity contribution >= 4 is 11.5 Å². The Morgan fingerprint density at radius 2 is 2.16 bits per heavy atom. The number of hydrogen-bond acceptors (Lipinski definition) is 5. The largest absolute Gasteiger partial charge is 0.328 e. The number of rotatable bonds is 5. The van der Waals surface area contributed by atoms with Crippen molar-refractivity contribution in [2.45, 2.75) is 31.8 Å². The highest BCUT2D eigenvalue weighted by Gasteiger charge is 2.14. The first-order chi connectivity index (χ1) is 9.04. The Bertz CT molecular complexity index is 541. The van der Waals surface area contributed by atoms with Crippen LogP contribution in [0.3, 0.4) is 0 Å². The normalized spacial score (nSPS) is 14.3. The average molecular weight is 280 g/mol. The van der Waals surface area contributed by atoms with Crippen molar-refractivity contribution in [3.63, 3.8) is 0 Å². The van der Waals surface area contributed by atoms with Gasteiger partial charge in [0.25, 0.3) is 0 Å². The highest BCUT2D eigenvalue weighted by Crippen LogP contribution is 2.18. The summed E-state index contributed by atoms with van der Waals surface area (Å²) in [5, 5.41) is 0.781. The summed E-state index contributed by atoms with van der Waals surface area (Å²) in [7, 11) is 0. The maximum Gasteiger partial charge on any atom is 0.147 e. The Morgan fingerprint density at radius 3 is 2.84 bits per heavy atom. The van der Waals surface area contributed by atoms with E-state index in [9.17, 15) is 4.39 Å². The lowest BCUT2D eigenvalue weighted by atomic mass is 10.1. The van der Waals surface area contributed by atoms with Crippen LogP contribution in [0.5, 0.6) is 0 Å². The fourth-order valence-electron chi connectivity index (χ4n) is 1.82. The Hall–Kier alpha value is -1.37. The van der Waals surface area contributed by atoms with Crippen molar-refractivity contribution in [1.29, 1.82) is 0 Å². The summed E-state index contributed by atoms with van der Waals surface area (Å²) < 4.78 is 17.3. The fraction of sp³-hybridized carbons (Fsp3) is 0.385. The SMILES string of the molecule is CC(N)CC(N)c1nc(Cc2cccc(F)c2)ns1. The monoisotopic (exact) mass is 280 g/mol. The molecule has 2 unspecified atom stereocenters. The maximum absolute atomic E-state index is 13.1. The van der Waals surface area contributed by atoms with E-state index in [1.807, 2.05) is 13.0 Å². The minimum atomic E-state index is -0.249. The van der Waals surface area contributed by atoms with Crippen LogP contribution in [0.4, 0.5) is 4.39 Å². The minimum absolute atomic E-state index is 0.0329. The second kappa shape index (κ2) is 6.18. The van der Waals surface area contributed by atoms with Crippen molar-refractivity contribution in [2.75, 3.05) is 0 Å². The third-order valence-electron chi connectivity index (χ3n) is 2.68. The van der Waals surface area contributed by atoms with Crippen LogP contribution in [0, 0.1) is 5.82 Å². The van der Waals surface area contributed by atoms with Crippen LogP contribution >= 0.6 is 11.5 Å². The first-order valence-corrected chi connectivity index (χ1v) is 6.90. The van der Waals surface area contributed by atoms with Gasteiger partial charge in [0.15, 0.2) is 0 Å². The molecule has 19 heavy (non-hydrogen) atoms. The molecule has 2 aromatic rings. The maximum atomic E-state index is 13.1. The molecule has 2 rings (SSSR count). The van der Waals surface area contributed by atoms with E-state index in [1.165, 1.54) is 23.7 Å². The molecule has 6 heteroatoms. The summed E-state index contributed by atoms with van der Waals surface area (Å²) in [5.41, 5.74) is 12.6. The highest BCUT2D eigenvalue weighted by molar-refractivity contribution is 7.05. The van der Waals surface area contributed by atoms with Crippen LogP contribution in [0.1, 0.15) is 35.8 Å². The van der Waals surface area contributed by atoms with E-state index in [0.717, 1.165) is 10.6 Å². The van der Waals surface area contributed by atoms with Gasteiger partial charge >= 0.3 is 0 Å². The molecule has 1 aromatic carbocycles. The second-order valence-corrected chi connectivity index (χ2v) is 5.46. The Labute approximate surface area is 115 Å². The van der Waals surface area contributed by atoms with E-state index in [1.54, 1.807) is 6.07 Å². The molecule has 1 heterocycles. The zero-order chi connectivity index (χ0) is 13.8. The van der Waals surface area contributed by atoms with Crippen molar-refractivity contribution in [2.24, 2.45) is 11.5 Å². The van der Waals surface area contributed by atoms with Crippen molar-refractivity contribution in [1.82, 2.24) is 9.36 Å². The molecule has 0 radical (unpaired) electrons. The molecular formula is C13H17FN4S. The van der Waals surface area contributed by atoms with Crippen molar-refractivity contribution in [3.05, 3.63) is 46.5 Å². The van der Waals surface area contributed by atoms with Crippen molar-refractivity contribution < 1.29 is 4.39 Å². The summed E-state index contributed by atoms with van der Waals surface area (Å²) in [6.07, 6.45) is 1.19. The number of halogens is 1. The number of aromatic nitrogens is 2. The number of benzene rings is 1. The Kier molecular flexibility index (Phi) is 4.57. The summed E-state index contributed by atoms with van der Waals surface area (Å²) in [6.45, 7) is 1.91. The number of nitrogens with two attached hydrogens (primary N) is 2. The predicted molar refractivity (Wildman–Crippen MR) is 74.3 cm³/mol. The van der Waals surface area contributed by atoms with Crippen LogP contribution in [-0.4, -0.2) is 15.4 Å². The summed E-state index contributed by atoms with van der Waals surface area (Å²) in [6, 6.07) is 6.29. The standard InChI is InChI=1S/C13H17FN4S/c1-8(15)5-11(16)13-17-12(18-19-13)7-9-3-2-4-10(14)6-9/h2-4,6,8,11H,5,7,15-16H2,1H3. The molecule has 0 spiro atoms. The molecule has 0 amide bonds. The first-order valence-electron chi connectivity index (χ1n) is 6.12.